The van der Waals surface area contributed by atoms with Crippen LogP contribution in [-0.2, 0) is 0 Å². The molecule has 0 atom stereocenters. The third kappa shape index (κ3) is 2.50. The molecule has 0 aromatic heterocycles. The summed E-state index contributed by atoms with van der Waals surface area (Å²) in [4.78, 5) is 8.95. The van der Waals surface area contributed by atoms with E-state index in [4.69, 9.17) is 4.80 Å². The van der Waals surface area contributed by atoms with Crippen molar-refractivity contribution in [1.29, 1.82) is 0 Å². The molecule has 1 fully saturated rings. The van der Waals surface area contributed by atoms with Gasteiger partial charge in [0, 0.05) is 0 Å². The van der Waals surface area contributed by atoms with Gasteiger partial charge in [-0.05, 0) is 5.54 Å². The molecule has 1 rings (SSSR count). The van der Waals surface area contributed by atoms with Crippen molar-refractivity contribution in [2.75, 3.05) is 0 Å². The summed E-state index contributed by atoms with van der Waals surface area (Å²) in [7, 11) is -0.654. The zero-order valence-corrected chi connectivity index (χ0v) is 7.39. The zero-order chi connectivity index (χ0) is 6.53. The van der Waals surface area contributed by atoms with Gasteiger partial charge in [-0.2, -0.15) is 0 Å². The van der Waals surface area contributed by atoms with Crippen molar-refractivity contribution in [3.63, 3.8) is 0 Å². The first-order valence-corrected chi connectivity index (χ1v) is 5.49. The molecule has 1 aliphatic carbocycles. The molecule has 0 bridgehead atoms. The highest BCUT2D eigenvalue weighted by atomic mass is 28.2. The summed E-state index contributed by atoms with van der Waals surface area (Å²) in [5.74, 6) is 0. The Labute approximate surface area is 59.4 Å². The molecule has 0 heterocycles. The topological polar surface area (TPSA) is 20.2 Å². The van der Waals surface area contributed by atoms with E-state index in [0.29, 0.717) is 0 Å². The highest BCUT2D eigenvalue weighted by Crippen LogP contribution is 2.25. The summed E-state index contributed by atoms with van der Waals surface area (Å²) in [6, 6.07) is 0. The monoisotopic (exact) mass is 144 g/mol. The maximum absolute atomic E-state index is 8.95. The lowest BCUT2D eigenvalue weighted by molar-refractivity contribution is 0.550. The van der Waals surface area contributed by atoms with Crippen LogP contribution in [0.5, 0.6) is 0 Å². The van der Waals surface area contributed by atoms with Gasteiger partial charge in [0.1, 0.15) is 0 Å². The van der Waals surface area contributed by atoms with Gasteiger partial charge in [0.25, 0.3) is 0 Å². The fourth-order valence-electron chi connectivity index (χ4n) is 1.55. The van der Waals surface area contributed by atoms with Crippen LogP contribution < -0.4 is 0 Å². The second-order valence-electron chi connectivity index (χ2n) is 3.04. The van der Waals surface area contributed by atoms with Crippen molar-refractivity contribution in [2.45, 2.75) is 44.1 Å². The molecule has 9 heavy (non-hydrogen) atoms. The van der Waals surface area contributed by atoms with Crippen LogP contribution in [0, 0.1) is 0 Å². The first-order valence-electron chi connectivity index (χ1n) is 4.04. The predicted molar refractivity (Wildman–Crippen MR) is 42.2 cm³/mol. The SMILES string of the molecule is O[SiH2]C1CCCCCC1. The van der Waals surface area contributed by atoms with Crippen molar-refractivity contribution in [3.05, 3.63) is 0 Å². The average Bonchev–Trinajstić information content (AvgIpc) is 2.13. The van der Waals surface area contributed by atoms with E-state index < -0.39 is 9.76 Å². The van der Waals surface area contributed by atoms with Crippen LogP contribution in [-0.4, -0.2) is 14.6 Å². The molecule has 1 N–H and O–H groups in total. The smallest absolute Gasteiger partial charge is 0.159 e. The van der Waals surface area contributed by atoms with E-state index in [0.717, 1.165) is 5.54 Å². The molecule has 0 aromatic rings. The summed E-state index contributed by atoms with van der Waals surface area (Å²) in [6.07, 6.45) is 8.21. The summed E-state index contributed by atoms with van der Waals surface area (Å²) in [5.41, 5.74) is 0.771. The molecule has 1 saturated carbocycles. The normalized spacial score (nSPS) is 25.0. The highest BCUT2D eigenvalue weighted by Gasteiger charge is 2.10. The van der Waals surface area contributed by atoms with Gasteiger partial charge in [-0.25, -0.2) is 0 Å². The van der Waals surface area contributed by atoms with E-state index in [2.05, 4.69) is 0 Å². The zero-order valence-electron chi connectivity index (χ0n) is 5.97. The van der Waals surface area contributed by atoms with Gasteiger partial charge in [0.05, 0.1) is 0 Å². The Morgan fingerprint density at radius 2 is 1.56 bits per heavy atom. The number of rotatable bonds is 1. The first-order chi connectivity index (χ1) is 4.43. The maximum atomic E-state index is 8.95. The molecule has 1 aliphatic rings. The third-order valence-corrected chi connectivity index (χ3v) is 3.57. The summed E-state index contributed by atoms with van der Waals surface area (Å²) >= 11 is 0. The largest absolute Gasteiger partial charge is 0.438 e. The Balaban J connectivity index is 2.18. The summed E-state index contributed by atoms with van der Waals surface area (Å²) < 4.78 is 0. The van der Waals surface area contributed by atoms with Crippen molar-refractivity contribution in [2.24, 2.45) is 0 Å². The second kappa shape index (κ2) is 4.07. The Kier molecular flexibility index (Phi) is 3.29. The van der Waals surface area contributed by atoms with Gasteiger partial charge in [-0.1, -0.05) is 38.5 Å². The summed E-state index contributed by atoms with van der Waals surface area (Å²) in [6.45, 7) is 0. The molecule has 0 aliphatic heterocycles. The predicted octanol–water partition coefficient (Wildman–Crippen LogP) is 1.21. The van der Waals surface area contributed by atoms with Crippen LogP contribution in [0.3, 0.4) is 0 Å². The molecule has 0 radical (unpaired) electrons. The van der Waals surface area contributed by atoms with Crippen LogP contribution in [0.15, 0.2) is 0 Å². The first kappa shape index (κ1) is 7.29. The summed E-state index contributed by atoms with van der Waals surface area (Å²) in [5, 5.41) is 0. The Morgan fingerprint density at radius 3 is 2.00 bits per heavy atom. The fourth-order valence-corrected chi connectivity index (χ4v) is 2.49. The number of hydrogen-bond donors (Lipinski definition) is 1. The Morgan fingerprint density at radius 1 is 1.00 bits per heavy atom. The van der Waals surface area contributed by atoms with Crippen LogP contribution in [0.1, 0.15) is 38.5 Å². The average molecular weight is 144 g/mol. The minimum Gasteiger partial charge on any atom is -0.438 e. The fraction of sp³-hybridized carbons (Fsp3) is 1.00. The lowest BCUT2D eigenvalue weighted by atomic mass is 10.2. The molecule has 2 heteroatoms. The third-order valence-electron chi connectivity index (χ3n) is 2.23. The van der Waals surface area contributed by atoms with Crippen LogP contribution in [0.25, 0.3) is 0 Å². The van der Waals surface area contributed by atoms with Crippen LogP contribution in [0.4, 0.5) is 0 Å². The van der Waals surface area contributed by atoms with E-state index in [1.54, 1.807) is 0 Å². The molecule has 0 spiro atoms. The van der Waals surface area contributed by atoms with Gasteiger partial charge in [-0.15, -0.1) is 0 Å². The lowest BCUT2D eigenvalue weighted by Crippen LogP contribution is -2.00. The van der Waals surface area contributed by atoms with Crippen LogP contribution >= 0.6 is 0 Å². The molecular formula is C7H16OSi. The van der Waals surface area contributed by atoms with E-state index in [9.17, 15) is 0 Å². The Bertz CT molecular complexity index is 67.3. The minimum atomic E-state index is -0.654. The quantitative estimate of drug-likeness (QED) is 0.433. The van der Waals surface area contributed by atoms with Crippen molar-refractivity contribution in [1.82, 2.24) is 0 Å². The van der Waals surface area contributed by atoms with E-state index >= 15 is 0 Å². The molecule has 0 amide bonds. The van der Waals surface area contributed by atoms with Crippen molar-refractivity contribution < 1.29 is 4.80 Å². The second-order valence-corrected chi connectivity index (χ2v) is 4.56. The molecular weight excluding hydrogens is 128 g/mol. The van der Waals surface area contributed by atoms with Crippen molar-refractivity contribution in [3.8, 4) is 0 Å². The van der Waals surface area contributed by atoms with Gasteiger partial charge >= 0.3 is 0 Å². The molecule has 0 saturated heterocycles. The number of hydrogen-bond acceptors (Lipinski definition) is 1. The lowest BCUT2D eigenvalue weighted by Gasteiger charge is -2.06. The Hall–Kier alpha value is 0.177. The highest BCUT2D eigenvalue weighted by molar-refractivity contribution is 6.27. The molecule has 1 nitrogen and oxygen atoms in total. The van der Waals surface area contributed by atoms with Gasteiger partial charge in [0.15, 0.2) is 9.76 Å². The van der Waals surface area contributed by atoms with E-state index in [1.807, 2.05) is 0 Å². The minimum absolute atomic E-state index is 0.654. The maximum Gasteiger partial charge on any atom is 0.159 e. The van der Waals surface area contributed by atoms with Gasteiger partial charge < -0.3 is 4.80 Å². The van der Waals surface area contributed by atoms with Crippen molar-refractivity contribution >= 4 is 9.76 Å². The molecule has 0 unspecified atom stereocenters. The molecule has 0 aromatic carbocycles. The van der Waals surface area contributed by atoms with Gasteiger partial charge in [-0.3, -0.25) is 0 Å². The van der Waals surface area contributed by atoms with E-state index in [1.165, 1.54) is 38.5 Å². The van der Waals surface area contributed by atoms with Gasteiger partial charge in [0.2, 0.25) is 0 Å². The van der Waals surface area contributed by atoms with E-state index in [-0.39, 0.29) is 0 Å². The standard InChI is InChI=1S/C7H16OSi/c8-9-7-5-3-1-2-4-6-7/h7-8H,1-6,9H2. The molecule has 54 valence electrons. The van der Waals surface area contributed by atoms with Crippen LogP contribution in [0.2, 0.25) is 5.54 Å².